The lowest BCUT2D eigenvalue weighted by Gasteiger charge is -2.17. The van der Waals surface area contributed by atoms with Gasteiger partial charge in [0.05, 0.1) is 0 Å². The molecule has 1 nitrogen and oxygen atoms in total. The normalized spacial score (nSPS) is 14.4. The summed E-state index contributed by atoms with van der Waals surface area (Å²) in [6.07, 6.45) is -4.27. The van der Waals surface area contributed by atoms with Gasteiger partial charge in [0.15, 0.2) is 0 Å². The van der Waals surface area contributed by atoms with Crippen LogP contribution in [0.5, 0.6) is 0 Å². The zero-order chi connectivity index (χ0) is 10.9. The summed E-state index contributed by atoms with van der Waals surface area (Å²) in [7, 11) is 0. The van der Waals surface area contributed by atoms with E-state index in [4.69, 9.17) is 5.73 Å². The van der Waals surface area contributed by atoms with Gasteiger partial charge in [-0.2, -0.15) is 13.2 Å². The first-order valence-electron chi connectivity index (χ1n) is 3.89. The predicted molar refractivity (Wildman–Crippen MR) is 54.6 cm³/mol. The average Bonchev–Trinajstić information content (AvgIpc) is 2.29. The van der Waals surface area contributed by atoms with E-state index in [-0.39, 0.29) is 4.88 Å². The Hall–Kier alpha value is -0.0700. The van der Waals surface area contributed by atoms with Crippen LogP contribution in [0.4, 0.5) is 13.2 Å². The Balaban J connectivity index is 3.07. The molecule has 1 rings (SSSR count). The third kappa shape index (κ3) is 2.49. The Morgan fingerprint density at radius 2 is 2.14 bits per heavy atom. The van der Waals surface area contributed by atoms with Crippen molar-refractivity contribution in [1.29, 1.82) is 0 Å². The minimum atomic E-state index is -4.27. The van der Waals surface area contributed by atoms with Gasteiger partial charge in [-0.15, -0.1) is 11.3 Å². The molecule has 0 amide bonds. The molecule has 1 unspecified atom stereocenters. The summed E-state index contributed by atoms with van der Waals surface area (Å²) in [5, 5.41) is 0. The molecule has 0 aromatic carbocycles. The van der Waals surface area contributed by atoms with Crippen LogP contribution < -0.4 is 5.73 Å². The maximum Gasteiger partial charge on any atom is 0.397 e. The van der Waals surface area contributed by atoms with Crippen LogP contribution in [0.25, 0.3) is 0 Å². The van der Waals surface area contributed by atoms with Crippen LogP contribution in [0, 0.1) is 6.92 Å². The highest BCUT2D eigenvalue weighted by Gasteiger charge is 2.41. The minimum absolute atomic E-state index is 0.262. The maximum atomic E-state index is 12.5. The van der Waals surface area contributed by atoms with E-state index in [1.54, 1.807) is 13.0 Å². The maximum absolute atomic E-state index is 12.5. The van der Waals surface area contributed by atoms with Gasteiger partial charge in [0.25, 0.3) is 0 Å². The second kappa shape index (κ2) is 4.20. The monoisotopic (exact) mass is 287 g/mol. The van der Waals surface area contributed by atoms with Crippen LogP contribution in [0.15, 0.2) is 10.5 Å². The SMILES string of the molecule is Cc1cc(Br)c(C(CN)C(F)(F)F)s1. The Kier molecular flexibility index (Phi) is 3.60. The molecule has 0 saturated heterocycles. The van der Waals surface area contributed by atoms with Crippen molar-refractivity contribution >= 4 is 27.3 Å². The molecule has 0 saturated carbocycles. The van der Waals surface area contributed by atoms with Gasteiger partial charge in [-0.25, -0.2) is 0 Å². The van der Waals surface area contributed by atoms with E-state index in [9.17, 15) is 13.2 Å². The van der Waals surface area contributed by atoms with E-state index in [2.05, 4.69) is 15.9 Å². The molecule has 14 heavy (non-hydrogen) atoms. The molecule has 1 heterocycles. The van der Waals surface area contributed by atoms with Gasteiger partial charge in [-0.05, 0) is 28.9 Å². The summed E-state index contributed by atoms with van der Waals surface area (Å²) < 4.78 is 38.0. The number of alkyl halides is 3. The summed E-state index contributed by atoms with van der Waals surface area (Å²) in [6.45, 7) is 1.35. The van der Waals surface area contributed by atoms with Crippen LogP contribution in [0.2, 0.25) is 0 Å². The number of aryl methyl sites for hydroxylation is 1. The standard InChI is InChI=1S/C8H9BrF3NS/c1-4-2-6(9)7(14-4)5(3-13)8(10,11)12/h2,5H,3,13H2,1H3. The van der Waals surface area contributed by atoms with Gasteiger partial charge in [0.2, 0.25) is 0 Å². The van der Waals surface area contributed by atoms with Gasteiger partial charge in [-0.1, -0.05) is 0 Å². The molecule has 2 N–H and O–H groups in total. The first-order chi connectivity index (χ1) is 6.36. The number of hydrogen-bond donors (Lipinski definition) is 1. The molecule has 0 fully saturated rings. The second-order valence-electron chi connectivity index (χ2n) is 2.90. The van der Waals surface area contributed by atoms with Crippen molar-refractivity contribution in [2.24, 2.45) is 5.73 Å². The van der Waals surface area contributed by atoms with E-state index < -0.39 is 18.6 Å². The first kappa shape index (κ1) is 12.0. The highest BCUT2D eigenvalue weighted by Crippen LogP contribution is 2.41. The number of rotatable bonds is 2. The summed E-state index contributed by atoms with van der Waals surface area (Å²) in [4.78, 5) is 1.10. The van der Waals surface area contributed by atoms with Crippen molar-refractivity contribution in [3.05, 3.63) is 20.3 Å². The molecular formula is C8H9BrF3NS. The topological polar surface area (TPSA) is 26.0 Å². The van der Waals surface area contributed by atoms with Gasteiger partial charge < -0.3 is 5.73 Å². The van der Waals surface area contributed by atoms with Crippen molar-refractivity contribution in [3.63, 3.8) is 0 Å². The summed E-state index contributed by atoms with van der Waals surface area (Å²) in [5.41, 5.74) is 5.13. The zero-order valence-electron chi connectivity index (χ0n) is 7.36. The molecule has 0 spiro atoms. The lowest BCUT2D eigenvalue weighted by atomic mass is 10.1. The number of thiophene rings is 1. The Morgan fingerprint density at radius 3 is 2.43 bits per heavy atom. The lowest BCUT2D eigenvalue weighted by molar-refractivity contribution is -0.147. The Morgan fingerprint density at radius 1 is 1.57 bits per heavy atom. The first-order valence-corrected chi connectivity index (χ1v) is 5.49. The molecule has 1 atom stereocenters. The quantitative estimate of drug-likeness (QED) is 0.886. The van der Waals surface area contributed by atoms with Crippen molar-refractivity contribution in [3.8, 4) is 0 Å². The van der Waals surface area contributed by atoms with Crippen LogP contribution >= 0.6 is 27.3 Å². The summed E-state index contributed by atoms with van der Waals surface area (Å²) in [5.74, 6) is -1.56. The molecule has 1 aromatic rings. The lowest BCUT2D eigenvalue weighted by Crippen LogP contribution is -2.27. The number of halogens is 4. The van der Waals surface area contributed by atoms with Crippen LogP contribution in [-0.2, 0) is 0 Å². The molecule has 0 bridgehead atoms. The van der Waals surface area contributed by atoms with E-state index in [1.165, 1.54) is 0 Å². The van der Waals surface area contributed by atoms with Gasteiger partial charge >= 0.3 is 6.18 Å². The second-order valence-corrected chi connectivity index (χ2v) is 5.04. The Labute approximate surface area is 92.2 Å². The fourth-order valence-electron chi connectivity index (χ4n) is 1.13. The summed E-state index contributed by atoms with van der Waals surface area (Å²) in [6, 6.07) is 1.68. The van der Waals surface area contributed by atoms with Gasteiger partial charge in [0, 0.05) is 20.8 Å². The van der Waals surface area contributed by atoms with Crippen molar-refractivity contribution < 1.29 is 13.2 Å². The van der Waals surface area contributed by atoms with Crippen LogP contribution in [-0.4, -0.2) is 12.7 Å². The van der Waals surface area contributed by atoms with Gasteiger partial charge in [-0.3, -0.25) is 0 Å². The van der Waals surface area contributed by atoms with E-state index in [1.807, 2.05) is 0 Å². The van der Waals surface area contributed by atoms with Gasteiger partial charge in [0.1, 0.15) is 5.92 Å². The third-order valence-corrected chi connectivity index (χ3v) is 3.87. The third-order valence-electron chi connectivity index (χ3n) is 1.78. The molecule has 0 aliphatic rings. The number of hydrogen-bond acceptors (Lipinski definition) is 2. The molecular weight excluding hydrogens is 279 g/mol. The molecule has 0 radical (unpaired) electrons. The molecule has 80 valence electrons. The predicted octanol–water partition coefficient (Wildman–Crippen LogP) is 3.42. The molecule has 0 aliphatic carbocycles. The Bertz CT molecular complexity index is 321. The van der Waals surface area contributed by atoms with Crippen molar-refractivity contribution in [1.82, 2.24) is 0 Å². The molecule has 0 aliphatic heterocycles. The fraction of sp³-hybridized carbons (Fsp3) is 0.500. The molecule has 6 heteroatoms. The molecule has 1 aromatic heterocycles. The van der Waals surface area contributed by atoms with E-state index >= 15 is 0 Å². The summed E-state index contributed by atoms with van der Waals surface area (Å²) >= 11 is 4.23. The fourth-order valence-corrected chi connectivity index (χ4v) is 3.19. The van der Waals surface area contributed by atoms with E-state index in [0.29, 0.717) is 4.47 Å². The average molecular weight is 288 g/mol. The smallest absolute Gasteiger partial charge is 0.329 e. The highest BCUT2D eigenvalue weighted by molar-refractivity contribution is 9.10. The largest absolute Gasteiger partial charge is 0.397 e. The van der Waals surface area contributed by atoms with Crippen LogP contribution in [0.1, 0.15) is 15.7 Å². The zero-order valence-corrected chi connectivity index (χ0v) is 9.76. The van der Waals surface area contributed by atoms with Crippen LogP contribution in [0.3, 0.4) is 0 Å². The van der Waals surface area contributed by atoms with Crippen molar-refractivity contribution in [2.45, 2.75) is 19.0 Å². The highest BCUT2D eigenvalue weighted by atomic mass is 79.9. The number of nitrogens with two attached hydrogens (primary N) is 1. The minimum Gasteiger partial charge on any atom is -0.329 e. The van der Waals surface area contributed by atoms with E-state index in [0.717, 1.165) is 16.2 Å². The van der Waals surface area contributed by atoms with Crippen molar-refractivity contribution in [2.75, 3.05) is 6.54 Å².